The average Bonchev–Trinajstić information content (AvgIpc) is 3.38. The Labute approximate surface area is 182 Å². The lowest BCUT2D eigenvalue weighted by atomic mass is 9.65. The van der Waals surface area contributed by atoms with E-state index in [0.29, 0.717) is 11.7 Å². The van der Waals surface area contributed by atoms with Crippen LogP contribution >= 0.6 is 11.3 Å². The molecule has 0 spiro atoms. The predicted molar refractivity (Wildman–Crippen MR) is 122 cm³/mol. The number of carbonyl (C=O) groups is 1. The smallest absolute Gasteiger partial charge is 0.272 e. The van der Waals surface area contributed by atoms with Gasteiger partial charge in [0.05, 0.1) is 10.6 Å². The zero-order valence-electron chi connectivity index (χ0n) is 18.2. The Kier molecular flexibility index (Phi) is 4.44. The van der Waals surface area contributed by atoms with E-state index in [0.717, 1.165) is 35.6 Å². The van der Waals surface area contributed by atoms with E-state index >= 15 is 0 Å². The summed E-state index contributed by atoms with van der Waals surface area (Å²) in [7, 11) is 0. The molecule has 3 heterocycles. The third-order valence-corrected chi connectivity index (χ3v) is 7.55. The highest BCUT2D eigenvalue weighted by Crippen LogP contribution is 2.52. The van der Waals surface area contributed by atoms with E-state index < -0.39 is 0 Å². The van der Waals surface area contributed by atoms with Crippen LogP contribution in [0.15, 0.2) is 47.8 Å². The van der Waals surface area contributed by atoms with E-state index in [4.69, 9.17) is 5.10 Å². The molecule has 4 nitrogen and oxygen atoms in total. The number of fused-ring (bicyclic) bond motifs is 2. The van der Waals surface area contributed by atoms with Gasteiger partial charge in [0, 0.05) is 12.6 Å². The number of hydrogen-bond donors (Lipinski definition) is 0. The van der Waals surface area contributed by atoms with Crippen molar-refractivity contribution in [1.82, 2.24) is 14.7 Å². The zero-order valence-corrected chi connectivity index (χ0v) is 19.0. The fourth-order valence-corrected chi connectivity index (χ4v) is 6.49. The van der Waals surface area contributed by atoms with E-state index in [1.54, 1.807) is 11.3 Å². The molecule has 3 aromatic rings. The summed E-state index contributed by atoms with van der Waals surface area (Å²) >= 11 is 1.65. The summed E-state index contributed by atoms with van der Waals surface area (Å²) in [5.41, 5.74) is 4.15. The minimum Gasteiger partial charge on any atom is -0.334 e. The molecule has 2 atom stereocenters. The zero-order chi connectivity index (χ0) is 21.1. The van der Waals surface area contributed by atoms with Gasteiger partial charge in [-0.25, -0.2) is 4.68 Å². The molecule has 2 aliphatic rings. The van der Waals surface area contributed by atoms with Crippen molar-refractivity contribution in [3.05, 3.63) is 59.1 Å². The van der Waals surface area contributed by atoms with Gasteiger partial charge in [0.15, 0.2) is 0 Å². The van der Waals surface area contributed by atoms with Crippen LogP contribution in [0.25, 0.3) is 16.3 Å². The van der Waals surface area contributed by atoms with Crippen molar-refractivity contribution in [2.45, 2.75) is 53.0 Å². The standard InChI is InChI=1S/C25H29N3OS/c1-17-7-9-18(10-8-17)28-21(12-20(26-28)22-6-5-11-30-22)23(29)27-16-25(4)14-19(27)13-24(2,3)15-25/h5-12,19H,13-16H2,1-4H3/t19-,25-/m1/s1. The molecule has 1 aromatic carbocycles. The van der Waals surface area contributed by atoms with Gasteiger partial charge in [-0.15, -0.1) is 11.3 Å². The van der Waals surface area contributed by atoms with Crippen LogP contribution in [0.2, 0.25) is 0 Å². The SMILES string of the molecule is Cc1ccc(-n2nc(-c3cccs3)cc2C(=O)N2C[C@]3(C)C[C@H]2CC(C)(C)C3)cc1. The molecule has 5 rings (SSSR count). The Hall–Kier alpha value is -2.40. The maximum atomic E-state index is 13.9. The molecule has 156 valence electrons. The lowest BCUT2D eigenvalue weighted by Gasteiger charge is -2.39. The van der Waals surface area contributed by atoms with Crippen molar-refractivity contribution < 1.29 is 4.79 Å². The normalized spacial score (nSPS) is 24.9. The number of aromatic nitrogens is 2. The summed E-state index contributed by atoms with van der Waals surface area (Å²) in [6, 6.07) is 14.6. The molecule has 0 unspecified atom stereocenters. The molecule has 2 bridgehead atoms. The summed E-state index contributed by atoms with van der Waals surface area (Å²) in [4.78, 5) is 17.1. The molecule has 5 heteroatoms. The summed E-state index contributed by atoms with van der Waals surface area (Å²) in [5.74, 6) is 0.109. The molecule has 1 saturated heterocycles. The first-order valence-corrected chi connectivity index (χ1v) is 11.6. The van der Waals surface area contributed by atoms with Gasteiger partial charge in [-0.3, -0.25) is 4.79 Å². The number of likely N-dealkylation sites (tertiary alicyclic amines) is 1. The van der Waals surface area contributed by atoms with E-state index in [1.165, 1.54) is 12.0 Å². The van der Waals surface area contributed by atoms with Gasteiger partial charge < -0.3 is 4.90 Å². The molecule has 30 heavy (non-hydrogen) atoms. The Morgan fingerprint density at radius 3 is 2.60 bits per heavy atom. The topological polar surface area (TPSA) is 38.1 Å². The van der Waals surface area contributed by atoms with Gasteiger partial charge in [0.1, 0.15) is 11.4 Å². The fraction of sp³-hybridized carbons (Fsp3) is 0.440. The summed E-state index contributed by atoms with van der Waals surface area (Å²) in [5, 5.41) is 6.91. The van der Waals surface area contributed by atoms with Crippen LogP contribution in [-0.4, -0.2) is 33.2 Å². The van der Waals surface area contributed by atoms with Gasteiger partial charge in [-0.1, -0.05) is 44.5 Å². The van der Waals surface area contributed by atoms with Gasteiger partial charge in [0.2, 0.25) is 0 Å². The highest BCUT2D eigenvalue weighted by atomic mass is 32.1. The first-order valence-electron chi connectivity index (χ1n) is 10.8. The molecule has 1 amide bonds. The molecular formula is C25H29N3OS. The first kappa shape index (κ1) is 19.6. The number of carbonyl (C=O) groups excluding carboxylic acids is 1. The number of rotatable bonds is 3. The van der Waals surface area contributed by atoms with Crippen molar-refractivity contribution in [2.75, 3.05) is 6.54 Å². The van der Waals surface area contributed by atoms with Crippen molar-refractivity contribution >= 4 is 17.2 Å². The van der Waals surface area contributed by atoms with Gasteiger partial charge in [0.25, 0.3) is 5.91 Å². The molecule has 0 N–H and O–H groups in total. The monoisotopic (exact) mass is 419 g/mol. The largest absolute Gasteiger partial charge is 0.334 e. The van der Waals surface area contributed by atoms with Crippen LogP contribution in [0.4, 0.5) is 0 Å². The minimum atomic E-state index is 0.109. The second-order valence-corrected chi connectivity index (χ2v) is 11.2. The predicted octanol–water partition coefficient (Wildman–Crippen LogP) is 5.95. The Balaban J connectivity index is 1.56. The van der Waals surface area contributed by atoms with Gasteiger partial charge >= 0.3 is 0 Å². The number of hydrogen-bond acceptors (Lipinski definition) is 3. The minimum absolute atomic E-state index is 0.109. The van der Waals surface area contributed by atoms with Crippen LogP contribution in [0.1, 0.15) is 56.1 Å². The maximum Gasteiger partial charge on any atom is 0.272 e. The van der Waals surface area contributed by atoms with E-state index in [9.17, 15) is 4.79 Å². The molecule has 1 aliphatic heterocycles. The van der Waals surface area contributed by atoms with Crippen molar-refractivity contribution in [2.24, 2.45) is 10.8 Å². The molecular weight excluding hydrogens is 390 g/mol. The second-order valence-electron chi connectivity index (χ2n) is 10.3. The highest BCUT2D eigenvalue weighted by Gasteiger charge is 2.51. The van der Waals surface area contributed by atoms with Crippen LogP contribution in [0.3, 0.4) is 0 Å². The number of nitrogens with zero attached hydrogens (tertiary/aromatic N) is 3. The van der Waals surface area contributed by atoms with E-state index in [2.05, 4.69) is 50.8 Å². The fourth-order valence-electron chi connectivity index (χ4n) is 5.81. The van der Waals surface area contributed by atoms with Gasteiger partial charge in [-0.05, 0) is 66.7 Å². The number of thiophene rings is 1. The van der Waals surface area contributed by atoms with E-state index in [1.807, 2.05) is 34.3 Å². The lowest BCUT2D eigenvalue weighted by Crippen LogP contribution is -2.38. The quantitative estimate of drug-likeness (QED) is 0.526. The summed E-state index contributed by atoms with van der Waals surface area (Å²) < 4.78 is 1.84. The second kappa shape index (κ2) is 6.81. The highest BCUT2D eigenvalue weighted by molar-refractivity contribution is 7.13. The Morgan fingerprint density at radius 2 is 1.90 bits per heavy atom. The van der Waals surface area contributed by atoms with Crippen LogP contribution in [0, 0.1) is 17.8 Å². The summed E-state index contributed by atoms with van der Waals surface area (Å²) in [6.07, 6.45) is 3.36. The van der Waals surface area contributed by atoms with Crippen LogP contribution in [0.5, 0.6) is 0 Å². The van der Waals surface area contributed by atoms with Crippen molar-refractivity contribution in [1.29, 1.82) is 0 Å². The lowest BCUT2D eigenvalue weighted by molar-refractivity contribution is 0.0699. The summed E-state index contributed by atoms with van der Waals surface area (Å²) in [6.45, 7) is 9.95. The Bertz CT molecular complexity index is 1080. The molecule has 2 aromatic heterocycles. The number of benzene rings is 1. The molecule has 0 radical (unpaired) electrons. The van der Waals surface area contributed by atoms with E-state index in [-0.39, 0.29) is 16.7 Å². The maximum absolute atomic E-state index is 13.9. The van der Waals surface area contributed by atoms with Crippen LogP contribution < -0.4 is 0 Å². The van der Waals surface area contributed by atoms with Gasteiger partial charge in [-0.2, -0.15) is 5.10 Å². The third kappa shape index (κ3) is 3.39. The number of amides is 1. The van der Waals surface area contributed by atoms with Crippen molar-refractivity contribution in [3.8, 4) is 16.3 Å². The Morgan fingerprint density at radius 1 is 1.13 bits per heavy atom. The molecule has 1 saturated carbocycles. The third-order valence-electron chi connectivity index (χ3n) is 6.66. The first-order chi connectivity index (χ1) is 14.2. The molecule has 2 fully saturated rings. The number of aryl methyl sites for hydroxylation is 1. The van der Waals surface area contributed by atoms with Crippen LogP contribution in [-0.2, 0) is 0 Å². The average molecular weight is 420 g/mol. The van der Waals surface area contributed by atoms with Crippen molar-refractivity contribution in [3.63, 3.8) is 0 Å². The molecule has 1 aliphatic carbocycles.